The molecule has 0 saturated carbocycles. The smallest absolute Gasteiger partial charge is 0.323 e. The summed E-state index contributed by atoms with van der Waals surface area (Å²) in [5.74, 6) is -0.220. The maximum Gasteiger partial charge on any atom is 0.323 e. The Morgan fingerprint density at radius 3 is 2.52 bits per heavy atom. The van der Waals surface area contributed by atoms with E-state index in [1.165, 1.54) is 11.3 Å². The molecule has 1 fully saturated rings. The molecule has 4 N–H and O–H groups in total. The van der Waals surface area contributed by atoms with Gasteiger partial charge in [0.2, 0.25) is 0 Å². The van der Waals surface area contributed by atoms with Crippen LogP contribution in [-0.4, -0.2) is 31.1 Å². The van der Waals surface area contributed by atoms with E-state index in [1.54, 1.807) is 42.5 Å². The fraction of sp³-hybridized carbons (Fsp3) is 0.208. The van der Waals surface area contributed by atoms with Gasteiger partial charge in [-0.25, -0.2) is 4.79 Å². The quantitative estimate of drug-likeness (QED) is 0.410. The number of amides is 3. The number of urea groups is 1. The van der Waals surface area contributed by atoms with Crippen LogP contribution in [0, 0.1) is 11.3 Å². The zero-order valence-corrected chi connectivity index (χ0v) is 19.2. The first-order valence-electron chi connectivity index (χ1n) is 10.5. The van der Waals surface area contributed by atoms with Crippen molar-refractivity contribution in [3.8, 4) is 16.5 Å². The Hall–Kier alpha value is -3.38. The van der Waals surface area contributed by atoms with E-state index in [4.69, 9.17) is 16.9 Å². The molecule has 7 nitrogen and oxygen atoms in total. The first-order chi connectivity index (χ1) is 16.0. The summed E-state index contributed by atoms with van der Waals surface area (Å²) in [4.78, 5) is 27.0. The van der Waals surface area contributed by atoms with Crippen molar-refractivity contribution in [2.45, 2.75) is 18.9 Å². The number of nitriles is 1. The maximum atomic E-state index is 13.1. The zero-order valence-electron chi connectivity index (χ0n) is 17.7. The molecule has 0 bridgehead atoms. The molecule has 2 aromatic carbocycles. The molecule has 168 valence electrons. The highest BCUT2D eigenvalue weighted by atomic mass is 35.5. The van der Waals surface area contributed by atoms with Crippen molar-refractivity contribution in [1.82, 2.24) is 10.6 Å². The molecule has 1 aliphatic rings. The van der Waals surface area contributed by atoms with E-state index in [0.29, 0.717) is 26.8 Å². The summed E-state index contributed by atoms with van der Waals surface area (Å²) < 4.78 is 0. The Bertz CT molecular complexity index is 1180. The molecule has 1 aliphatic heterocycles. The third-order valence-corrected chi connectivity index (χ3v) is 6.65. The Balaban J connectivity index is 1.55. The number of hydrogen-bond donors (Lipinski definition) is 4. The van der Waals surface area contributed by atoms with Gasteiger partial charge in [-0.2, -0.15) is 5.26 Å². The van der Waals surface area contributed by atoms with Gasteiger partial charge in [-0.1, -0.05) is 23.7 Å². The number of nitrogens with zero attached hydrogens (tertiary/aromatic N) is 1. The van der Waals surface area contributed by atoms with Crippen molar-refractivity contribution in [3.05, 3.63) is 70.1 Å². The van der Waals surface area contributed by atoms with Gasteiger partial charge >= 0.3 is 6.03 Å². The van der Waals surface area contributed by atoms with Crippen LogP contribution in [0.2, 0.25) is 5.02 Å². The lowest BCUT2D eigenvalue weighted by molar-refractivity contribution is 0.0935. The SMILES string of the molecule is N#Cc1ccc(NC(=O)Nc2cc(-c3ccc(Cl)cc3)sc2C(=O)N[C@H]2CCCNC2)cc1. The van der Waals surface area contributed by atoms with Gasteiger partial charge in [0, 0.05) is 28.2 Å². The highest BCUT2D eigenvalue weighted by Crippen LogP contribution is 2.35. The molecule has 0 radical (unpaired) electrons. The van der Waals surface area contributed by atoms with Gasteiger partial charge in [-0.15, -0.1) is 11.3 Å². The summed E-state index contributed by atoms with van der Waals surface area (Å²) >= 11 is 7.32. The molecule has 1 aromatic heterocycles. The number of anilines is 2. The Kier molecular flexibility index (Phi) is 7.25. The van der Waals surface area contributed by atoms with E-state index in [-0.39, 0.29) is 11.9 Å². The number of rotatable bonds is 5. The second-order valence-electron chi connectivity index (χ2n) is 7.65. The number of thiophene rings is 1. The predicted octanol–water partition coefficient (Wildman–Crippen LogP) is 5.07. The zero-order chi connectivity index (χ0) is 23.2. The Morgan fingerprint density at radius 1 is 1.09 bits per heavy atom. The minimum absolute atomic E-state index is 0.0488. The third-order valence-electron chi connectivity index (χ3n) is 5.22. The van der Waals surface area contributed by atoms with Gasteiger partial charge in [-0.3, -0.25) is 4.79 Å². The van der Waals surface area contributed by atoms with Crippen LogP contribution in [0.15, 0.2) is 54.6 Å². The molecule has 4 rings (SSSR count). The molecule has 0 unspecified atom stereocenters. The number of halogens is 1. The van der Waals surface area contributed by atoms with Crippen LogP contribution in [0.1, 0.15) is 28.1 Å². The average Bonchev–Trinajstić information content (AvgIpc) is 3.24. The standard InChI is InChI=1S/C24H22ClN5O2S/c25-17-7-5-16(6-8-17)21-12-20(22(33-21)23(31)28-19-2-1-11-27-14-19)30-24(32)29-18-9-3-15(13-26)4-10-18/h3-10,12,19,27H,1-2,11,14H2,(H,28,31)(H2,29,30,32)/t19-/m0/s1. The van der Waals surface area contributed by atoms with Crippen LogP contribution in [0.4, 0.5) is 16.2 Å². The highest BCUT2D eigenvalue weighted by molar-refractivity contribution is 7.18. The van der Waals surface area contributed by atoms with Crippen molar-refractivity contribution < 1.29 is 9.59 Å². The van der Waals surface area contributed by atoms with Crippen LogP contribution in [0.25, 0.3) is 10.4 Å². The van der Waals surface area contributed by atoms with E-state index < -0.39 is 6.03 Å². The van der Waals surface area contributed by atoms with Crippen LogP contribution in [0.3, 0.4) is 0 Å². The normalized spacial score (nSPS) is 15.3. The molecule has 3 amide bonds. The van der Waals surface area contributed by atoms with Gasteiger partial charge in [0.25, 0.3) is 5.91 Å². The summed E-state index contributed by atoms with van der Waals surface area (Å²) in [5.41, 5.74) is 2.37. The Labute approximate surface area is 200 Å². The molecule has 1 saturated heterocycles. The first kappa shape index (κ1) is 22.8. The van der Waals surface area contributed by atoms with Crippen molar-refractivity contribution in [3.63, 3.8) is 0 Å². The topological polar surface area (TPSA) is 106 Å². The predicted molar refractivity (Wildman–Crippen MR) is 132 cm³/mol. The lowest BCUT2D eigenvalue weighted by Crippen LogP contribution is -2.45. The Morgan fingerprint density at radius 2 is 1.85 bits per heavy atom. The summed E-state index contributed by atoms with van der Waals surface area (Å²) in [5, 5.41) is 21.4. The largest absolute Gasteiger partial charge is 0.347 e. The molecule has 0 spiro atoms. The number of nitrogens with one attached hydrogen (secondary N) is 4. The molecular formula is C24H22ClN5O2S. The number of carbonyl (C=O) groups is 2. The van der Waals surface area contributed by atoms with Gasteiger partial charge in [0.15, 0.2) is 0 Å². The van der Waals surface area contributed by atoms with E-state index in [1.807, 2.05) is 18.2 Å². The second-order valence-corrected chi connectivity index (χ2v) is 9.13. The summed E-state index contributed by atoms with van der Waals surface area (Å²) in [6, 6.07) is 17.3. The molecular weight excluding hydrogens is 458 g/mol. The fourth-order valence-electron chi connectivity index (χ4n) is 3.55. The molecule has 3 aromatic rings. The lowest BCUT2D eigenvalue weighted by Gasteiger charge is -2.23. The molecule has 0 aliphatic carbocycles. The van der Waals surface area contributed by atoms with Gasteiger partial charge in [0.1, 0.15) is 4.88 Å². The van der Waals surface area contributed by atoms with Gasteiger partial charge in [0.05, 0.1) is 17.3 Å². The van der Waals surface area contributed by atoms with Gasteiger partial charge < -0.3 is 21.3 Å². The minimum atomic E-state index is -0.478. The fourth-order valence-corrected chi connectivity index (χ4v) is 4.70. The number of benzene rings is 2. The number of piperidine rings is 1. The number of hydrogen-bond acceptors (Lipinski definition) is 5. The minimum Gasteiger partial charge on any atom is -0.347 e. The molecule has 9 heteroatoms. The summed E-state index contributed by atoms with van der Waals surface area (Å²) in [7, 11) is 0. The summed E-state index contributed by atoms with van der Waals surface area (Å²) in [6.07, 6.45) is 1.92. The van der Waals surface area contributed by atoms with Crippen molar-refractivity contribution in [1.29, 1.82) is 5.26 Å². The number of carbonyl (C=O) groups excluding carboxylic acids is 2. The molecule has 33 heavy (non-hydrogen) atoms. The highest BCUT2D eigenvalue weighted by Gasteiger charge is 2.22. The van der Waals surface area contributed by atoms with E-state index in [9.17, 15) is 9.59 Å². The van der Waals surface area contributed by atoms with E-state index in [2.05, 4.69) is 21.3 Å². The van der Waals surface area contributed by atoms with Crippen LogP contribution < -0.4 is 21.3 Å². The summed E-state index contributed by atoms with van der Waals surface area (Å²) in [6.45, 7) is 1.68. The van der Waals surface area contributed by atoms with Crippen LogP contribution in [-0.2, 0) is 0 Å². The maximum absolute atomic E-state index is 13.1. The van der Waals surface area contributed by atoms with Crippen molar-refractivity contribution in [2.75, 3.05) is 23.7 Å². The average molecular weight is 480 g/mol. The molecule has 1 atom stereocenters. The molecule has 2 heterocycles. The van der Waals surface area contributed by atoms with E-state index in [0.717, 1.165) is 36.4 Å². The van der Waals surface area contributed by atoms with E-state index >= 15 is 0 Å². The van der Waals surface area contributed by atoms with Gasteiger partial charge in [-0.05, 0) is 67.4 Å². The van der Waals surface area contributed by atoms with Crippen LogP contribution in [0.5, 0.6) is 0 Å². The monoisotopic (exact) mass is 479 g/mol. The third kappa shape index (κ3) is 5.90. The first-order valence-corrected chi connectivity index (χ1v) is 11.7. The van der Waals surface area contributed by atoms with Crippen LogP contribution >= 0.6 is 22.9 Å². The second kappa shape index (κ2) is 10.5. The van der Waals surface area contributed by atoms with Crippen molar-refractivity contribution >= 4 is 46.3 Å². The van der Waals surface area contributed by atoms with Crippen molar-refractivity contribution in [2.24, 2.45) is 0 Å². The lowest BCUT2D eigenvalue weighted by atomic mass is 10.1.